The van der Waals surface area contributed by atoms with Gasteiger partial charge in [0, 0.05) is 5.56 Å². The van der Waals surface area contributed by atoms with E-state index < -0.39 is 17.5 Å². The minimum atomic E-state index is -4.48. The fourth-order valence-electron chi connectivity index (χ4n) is 0.989. The van der Waals surface area contributed by atoms with E-state index in [9.17, 15) is 13.2 Å². The predicted molar refractivity (Wildman–Crippen MR) is 53.8 cm³/mol. The van der Waals surface area contributed by atoms with E-state index >= 15 is 0 Å². The highest BCUT2D eigenvalue weighted by Crippen LogP contribution is 2.32. The lowest BCUT2D eigenvalue weighted by atomic mass is 10.1. The predicted octanol–water partition coefficient (Wildman–Crippen LogP) is 2.69. The Hall–Kier alpha value is -1.28. The molecule has 0 fully saturated rings. The molecule has 0 amide bonds. The Bertz CT molecular complexity index is 415. The Kier molecular flexibility index (Phi) is 3.53. The molecule has 15 heavy (non-hydrogen) atoms. The van der Waals surface area contributed by atoms with E-state index in [-0.39, 0.29) is 11.3 Å². The van der Waals surface area contributed by atoms with Gasteiger partial charge >= 0.3 is 6.18 Å². The van der Waals surface area contributed by atoms with Crippen molar-refractivity contribution in [1.29, 1.82) is 0 Å². The van der Waals surface area contributed by atoms with Crippen molar-refractivity contribution in [3.63, 3.8) is 0 Å². The maximum Gasteiger partial charge on any atom is 0.416 e. The van der Waals surface area contributed by atoms with E-state index in [1.807, 2.05) is 0 Å². The summed E-state index contributed by atoms with van der Waals surface area (Å²) in [6.45, 7) is 0. The van der Waals surface area contributed by atoms with E-state index in [0.717, 1.165) is 6.07 Å². The molecule has 0 unspecified atom stereocenters. The van der Waals surface area contributed by atoms with Crippen molar-refractivity contribution in [2.75, 3.05) is 5.75 Å². The first-order chi connectivity index (χ1) is 6.93. The summed E-state index contributed by atoms with van der Waals surface area (Å²) in [7, 11) is 0. The molecule has 0 aliphatic carbocycles. The van der Waals surface area contributed by atoms with Crippen molar-refractivity contribution in [3.05, 3.63) is 29.3 Å². The zero-order chi connectivity index (χ0) is 11.5. The highest BCUT2D eigenvalue weighted by Gasteiger charge is 2.31. The lowest BCUT2D eigenvalue weighted by Crippen LogP contribution is -2.04. The Morgan fingerprint density at radius 2 is 1.93 bits per heavy atom. The quantitative estimate of drug-likeness (QED) is 0.520. The van der Waals surface area contributed by atoms with E-state index in [1.165, 1.54) is 6.07 Å². The number of phenols is 1. The van der Waals surface area contributed by atoms with Gasteiger partial charge in [-0.3, -0.25) is 0 Å². The number of aromatic hydroxyl groups is 1. The van der Waals surface area contributed by atoms with Crippen LogP contribution in [0, 0.1) is 11.8 Å². The number of rotatable bonds is 0. The minimum Gasteiger partial charge on any atom is -0.508 e. The molecule has 1 rings (SSSR count). The SMILES string of the molecule is Oc1cc(C#CCS)cc(C(F)(F)F)c1. The molecule has 0 aromatic heterocycles. The van der Waals surface area contributed by atoms with Crippen molar-refractivity contribution >= 4 is 12.6 Å². The topological polar surface area (TPSA) is 20.2 Å². The van der Waals surface area contributed by atoms with Gasteiger partial charge in [0.25, 0.3) is 0 Å². The van der Waals surface area contributed by atoms with Crippen LogP contribution in [-0.2, 0) is 6.18 Å². The summed E-state index contributed by atoms with van der Waals surface area (Å²) in [6, 6.07) is 2.72. The van der Waals surface area contributed by atoms with Crippen molar-refractivity contribution in [2.24, 2.45) is 0 Å². The zero-order valence-electron chi connectivity index (χ0n) is 7.47. The molecule has 5 heteroatoms. The van der Waals surface area contributed by atoms with Crippen molar-refractivity contribution in [3.8, 4) is 17.6 Å². The molecule has 1 N–H and O–H groups in total. The van der Waals surface area contributed by atoms with Gasteiger partial charge in [-0.15, -0.1) is 0 Å². The Balaban J connectivity index is 3.17. The van der Waals surface area contributed by atoms with Crippen molar-refractivity contribution in [1.82, 2.24) is 0 Å². The van der Waals surface area contributed by atoms with Crippen LogP contribution in [-0.4, -0.2) is 10.9 Å². The van der Waals surface area contributed by atoms with Gasteiger partial charge in [0.15, 0.2) is 0 Å². The molecular formula is C10H7F3OS. The summed E-state index contributed by atoms with van der Waals surface area (Å²) in [5.41, 5.74) is -0.790. The first-order valence-electron chi connectivity index (χ1n) is 3.94. The summed E-state index contributed by atoms with van der Waals surface area (Å²) in [6.07, 6.45) is -4.48. The van der Waals surface area contributed by atoms with Crippen LogP contribution in [0.1, 0.15) is 11.1 Å². The maximum atomic E-state index is 12.3. The van der Waals surface area contributed by atoms with E-state index in [2.05, 4.69) is 24.5 Å². The first kappa shape index (κ1) is 11.8. The van der Waals surface area contributed by atoms with Crippen LogP contribution in [0.4, 0.5) is 13.2 Å². The molecule has 0 spiro atoms. The van der Waals surface area contributed by atoms with Gasteiger partial charge in [0.1, 0.15) is 5.75 Å². The van der Waals surface area contributed by atoms with E-state index in [1.54, 1.807) is 0 Å². The second-order valence-electron chi connectivity index (χ2n) is 2.73. The van der Waals surface area contributed by atoms with Crippen LogP contribution < -0.4 is 0 Å². The number of thiol groups is 1. The number of benzene rings is 1. The Morgan fingerprint density at radius 1 is 1.27 bits per heavy atom. The summed E-state index contributed by atoms with van der Waals surface area (Å²) in [5, 5.41) is 9.07. The fourth-order valence-corrected chi connectivity index (χ4v) is 1.07. The average molecular weight is 232 g/mol. The van der Waals surface area contributed by atoms with Crippen molar-refractivity contribution in [2.45, 2.75) is 6.18 Å². The Labute approximate surface area is 90.3 Å². The molecule has 0 saturated heterocycles. The molecule has 0 atom stereocenters. The number of alkyl halides is 3. The number of hydrogen-bond donors (Lipinski definition) is 2. The molecular weight excluding hydrogens is 225 g/mol. The molecule has 1 aromatic rings. The van der Waals surface area contributed by atoms with Gasteiger partial charge in [-0.2, -0.15) is 25.8 Å². The molecule has 0 aliphatic rings. The van der Waals surface area contributed by atoms with Crippen LogP contribution in [0.2, 0.25) is 0 Å². The smallest absolute Gasteiger partial charge is 0.416 e. The van der Waals surface area contributed by atoms with Gasteiger partial charge in [0.2, 0.25) is 0 Å². The summed E-state index contributed by atoms with van der Waals surface area (Å²) < 4.78 is 36.9. The van der Waals surface area contributed by atoms with Crippen molar-refractivity contribution < 1.29 is 18.3 Å². The van der Waals surface area contributed by atoms with Crippen LogP contribution in [0.15, 0.2) is 18.2 Å². The monoisotopic (exact) mass is 232 g/mol. The third-order valence-corrected chi connectivity index (χ3v) is 1.71. The first-order valence-corrected chi connectivity index (χ1v) is 4.57. The van der Waals surface area contributed by atoms with E-state index in [0.29, 0.717) is 6.07 Å². The molecule has 0 bridgehead atoms. The standard InChI is InChI=1S/C10H7F3OS/c11-10(12,13)8-4-7(2-1-3-15)5-9(14)6-8/h4-6,14-15H,3H2. The second kappa shape index (κ2) is 4.49. The normalized spacial score (nSPS) is 10.7. The van der Waals surface area contributed by atoms with Gasteiger partial charge < -0.3 is 5.11 Å². The van der Waals surface area contributed by atoms with E-state index in [4.69, 9.17) is 5.11 Å². The lowest BCUT2D eigenvalue weighted by Gasteiger charge is -2.07. The van der Waals surface area contributed by atoms with Gasteiger partial charge in [-0.1, -0.05) is 11.8 Å². The lowest BCUT2D eigenvalue weighted by molar-refractivity contribution is -0.137. The third-order valence-electron chi connectivity index (χ3n) is 1.56. The second-order valence-corrected chi connectivity index (χ2v) is 3.04. The van der Waals surface area contributed by atoms with Gasteiger partial charge in [-0.05, 0) is 18.2 Å². The molecule has 80 valence electrons. The van der Waals surface area contributed by atoms with Crippen LogP contribution in [0.25, 0.3) is 0 Å². The third kappa shape index (κ3) is 3.40. The van der Waals surface area contributed by atoms with Crippen LogP contribution in [0.5, 0.6) is 5.75 Å². The molecule has 1 aromatic carbocycles. The number of hydrogen-bond acceptors (Lipinski definition) is 2. The van der Waals surface area contributed by atoms with Gasteiger partial charge in [-0.25, -0.2) is 0 Å². The van der Waals surface area contributed by atoms with Crippen LogP contribution in [0.3, 0.4) is 0 Å². The molecule has 0 aliphatic heterocycles. The summed E-state index contributed by atoms with van der Waals surface area (Å²) >= 11 is 3.80. The summed E-state index contributed by atoms with van der Waals surface area (Å²) in [4.78, 5) is 0. The van der Waals surface area contributed by atoms with Gasteiger partial charge in [0.05, 0.1) is 11.3 Å². The fraction of sp³-hybridized carbons (Fsp3) is 0.200. The largest absolute Gasteiger partial charge is 0.508 e. The highest BCUT2D eigenvalue weighted by atomic mass is 32.1. The minimum absolute atomic E-state index is 0.122. The average Bonchev–Trinajstić information content (AvgIpc) is 2.12. The maximum absolute atomic E-state index is 12.3. The highest BCUT2D eigenvalue weighted by molar-refractivity contribution is 7.80. The molecule has 0 saturated carbocycles. The van der Waals surface area contributed by atoms with Crippen LogP contribution >= 0.6 is 12.6 Å². The molecule has 1 nitrogen and oxygen atoms in total. The molecule has 0 radical (unpaired) electrons. The summed E-state index contributed by atoms with van der Waals surface area (Å²) in [5.74, 6) is 4.76. The Morgan fingerprint density at radius 3 is 2.47 bits per heavy atom. The number of phenolic OH excluding ortho intramolecular Hbond substituents is 1. The zero-order valence-corrected chi connectivity index (χ0v) is 8.36. The number of halogens is 3. The molecule has 0 heterocycles.